The van der Waals surface area contributed by atoms with Gasteiger partial charge in [-0.3, -0.25) is 0 Å². The summed E-state index contributed by atoms with van der Waals surface area (Å²) >= 11 is 0. The second-order valence-corrected chi connectivity index (χ2v) is 2.70. The molecule has 0 bridgehead atoms. The van der Waals surface area contributed by atoms with E-state index in [2.05, 4.69) is 5.32 Å². The van der Waals surface area contributed by atoms with Gasteiger partial charge in [0.25, 0.3) is 0 Å². The Labute approximate surface area is 75.1 Å². The fraction of sp³-hybridized carbons (Fsp3) is 1.00. The summed E-state index contributed by atoms with van der Waals surface area (Å²) in [5.41, 5.74) is 0. The first-order valence-electron chi connectivity index (χ1n) is 4.74. The molecule has 1 saturated heterocycles. The molecule has 2 atom stereocenters. The Kier molecular flexibility index (Phi) is 7.45. The smallest absolute Gasteiger partial charge is 0.0531 e. The van der Waals surface area contributed by atoms with Gasteiger partial charge in [-0.1, -0.05) is 13.8 Å². The van der Waals surface area contributed by atoms with Crippen LogP contribution < -0.4 is 5.32 Å². The standard InChI is InChI=1S/C7H15NO2.C2H6/c1-8-7-2-3-10-5-6(7)4-9;1-2/h6-9H,2-5H2,1H3;1-2H3. The lowest BCUT2D eigenvalue weighted by Crippen LogP contribution is -2.42. The van der Waals surface area contributed by atoms with Crippen molar-refractivity contribution >= 4 is 0 Å². The third kappa shape index (κ3) is 3.52. The third-order valence-corrected chi connectivity index (χ3v) is 2.08. The summed E-state index contributed by atoms with van der Waals surface area (Å²) in [5.74, 6) is 0.291. The maximum atomic E-state index is 8.87. The number of hydrogen-bond acceptors (Lipinski definition) is 3. The van der Waals surface area contributed by atoms with Crippen molar-refractivity contribution in [2.24, 2.45) is 5.92 Å². The average Bonchev–Trinajstić information content (AvgIpc) is 2.20. The Morgan fingerprint density at radius 2 is 2.17 bits per heavy atom. The SMILES string of the molecule is CC.CNC1CCOCC1CO. The molecule has 1 rings (SSSR count). The van der Waals surface area contributed by atoms with Crippen LogP contribution in [-0.2, 0) is 4.74 Å². The van der Waals surface area contributed by atoms with Crippen molar-refractivity contribution in [1.82, 2.24) is 5.32 Å². The molecule has 1 heterocycles. The van der Waals surface area contributed by atoms with E-state index in [1.165, 1.54) is 0 Å². The van der Waals surface area contributed by atoms with Crippen molar-refractivity contribution in [3.63, 3.8) is 0 Å². The molecule has 0 saturated carbocycles. The number of ether oxygens (including phenoxy) is 1. The van der Waals surface area contributed by atoms with Crippen LogP contribution in [0.1, 0.15) is 20.3 Å². The number of nitrogens with one attached hydrogen (secondary N) is 1. The number of rotatable bonds is 2. The second-order valence-electron chi connectivity index (χ2n) is 2.70. The van der Waals surface area contributed by atoms with E-state index in [0.717, 1.165) is 13.0 Å². The quantitative estimate of drug-likeness (QED) is 0.647. The molecular weight excluding hydrogens is 154 g/mol. The van der Waals surface area contributed by atoms with Gasteiger partial charge in [-0.2, -0.15) is 0 Å². The molecule has 12 heavy (non-hydrogen) atoms. The Morgan fingerprint density at radius 3 is 2.58 bits per heavy atom. The predicted molar refractivity (Wildman–Crippen MR) is 50.2 cm³/mol. The van der Waals surface area contributed by atoms with Gasteiger partial charge in [0.1, 0.15) is 0 Å². The fourth-order valence-electron chi connectivity index (χ4n) is 1.36. The summed E-state index contributed by atoms with van der Waals surface area (Å²) in [6.45, 7) is 5.75. The van der Waals surface area contributed by atoms with Gasteiger partial charge in [0.05, 0.1) is 6.61 Å². The second kappa shape index (κ2) is 7.53. The van der Waals surface area contributed by atoms with Gasteiger partial charge in [0, 0.05) is 25.2 Å². The van der Waals surface area contributed by atoms with Crippen LogP contribution in [0.3, 0.4) is 0 Å². The van der Waals surface area contributed by atoms with Crippen LogP contribution in [0, 0.1) is 5.92 Å². The average molecular weight is 175 g/mol. The van der Waals surface area contributed by atoms with E-state index in [1.54, 1.807) is 0 Å². The van der Waals surface area contributed by atoms with Crippen LogP contribution in [0.5, 0.6) is 0 Å². The molecule has 0 radical (unpaired) electrons. The van der Waals surface area contributed by atoms with Gasteiger partial charge in [0.2, 0.25) is 0 Å². The van der Waals surface area contributed by atoms with Gasteiger partial charge in [-0.05, 0) is 13.5 Å². The van der Waals surface area contributed by atoms with Crippen LogP contribution in [-0.4, -0.2) is 38.0 Å². The van der Waals surface area contributed by atoms with Crippen molar-refractivity contribution in [3.05, 3.63) is 0 Å². The summed E-state index contributed by atoms with van der Waals surface area (Å²) in [5, 5.41) is 12.0. The molecule has 3 nitrogen and oxygen atoms in total. The van der Waals surface area contributed by atoms with E-state index < -0.39 is 0 Å². The fourth-order valence-corrected chi connectivity index (χ4v) is 1.36. The zero-order chi connectivity index (χ0) is 9.40. The van der Waals surface area contributed by atoms with Crippen LogP contribution in [0.2, 0.25) is 0 Å². The highest BCUT2D eigenvalue weighted by molar-refractivity contribution is 4.77. The molecule has 74 valence electrons. The van der Waals surface area contributed by atoms with Gasteiger partial charge in [-0.25, -0.2) is 0 Å². The third-order valence-electron chi connectivity index (χ3n) is 2.08. The maximum absolute atomic E-state index is 8.87. The van der Waals surface area contributed by atoms with E-state index in [0.29, 0.717) is 18.6 Å². The van der Waals surface area contributed by atoms with Crippen LogP contribution in [0.4, 0.5) is 0 Å². The summed E-state index contributed by atoms with van der Waals surface area (Å²) in [4.78, 5) is 0. The first kappa shape index (κ1) is 11.9. The topological polar surface area (TPSA) is 41.5 Å². The Balaban J connectivity index is 0.000000561. The molecule has 0 aromatic heterocycles. The first-order chi connectivity index (χ1) is 5.88. The molecule has 0 aromatic carbocycles. The highest BCUT2D eigenvalue weighted by Crippen LogP contribution is 2.12. The van der Waals surface area contributed by atoms with Crippen molar-refractivity contribution in [2.45, 2.75) is 26.3 Å². The van der Waals surface area contributed by atoms with Gasteiger partial charge in [0.15, 0.2) is 0 Å². The molecule has 2 unspecified atom stereocenters. The largest absolute Gasteiger partial charge is 0.396 e. The van der Waals surface area contributed by atoms with Gasteiger partial charge < -0.3 is 15.2 Å². The van der Waals surface area contributed by atoms with E-state index in [4.69, 9.17) is 9.84 Å². The minimum atomic E-state index is 0.228. The Morgan fingerprint density at radius 1 is 1.50 bits per heavy atom. The minimum Gasteiger partial charge on any atom is -0.396 e. The molecule has 1 fully saturated rings. The zero-order valence-electron chi connectivity index (χ0n) is 8.34. The lowest BCUT2D eigenvalue weighted by atomic mass is 9.97. The van der Waals surface area contributed by atoms with Crippen molar-refractivity contribution in [1.29, 1.82) is 0 Å². The van der Waals surface area contributed by atoms with E-state index in [1.807, 2.05) is 20.9 Å². The predicted octanol–water partition coefficient (Wildman–Crippen LogP) is 0.629. The summed E-state index contributed by atoms with van der Waals surface area (Å²) in [7, 11) is 1.93. The van der Waals surface area contributed by atoms with Crippen LogP contribution >= 0.6 is 0 Å². The normalized spacial score (nSPS) is 29.0. The van der Waals surface area contributed by atoms with Crippen LogP contribution in [0.25, 0.3) is 0 Å². The number of aliphatic hydroxyl groups is 1. The lowest BCUT2D eigenvalue weighted by Gasteiger charge is -2.29. The number of hydrogen-bond donors (Lipinski definition) is 2. The maximum Gasteiger partial charge on any atom is 0.0531 e. The molecule has 0 amide bonds. The molecular formula is C9H21NO2. The first-order valence-corrected chi connectivity index (χ1v) is 4.74. The molecule has 0 aliphatic carbocycles. The Bertz CT molecular complexity index is 86.5. The van der Waals surface area contributed by atoms with Crippen molar-refractivity contribution in [3.8, 4) is 0 Å². The molecule has 1 aliphatic heterocycles. The van der Waals surface area contributed by atoms with E-state index >= 15 is 0 Å². The number of aliphatic hydroxyl groups excluding tert-OH is 1. The lowest BCUT2D eigenvalue weighted by molar-refractivity contribution is 0.0103. The monoisotopic (exact) mass is 175 g/mol. The molecule has 3 heteroatoms. The van der Waals surface area contributed by atoms with E-state index in [-0.39, 0.29) is 6.61 Å². The van der Waals surface area contributed by atoms with Crippen molar-refractivity contribution < 1.29 is 9.84 Å². The van der Waals surface area contributed by atoms with Crippen LogP contribution in [0.15, 0.2) is 0 Å². The van der Waals surface area contributed by atoms with Gasteiger partial charge in [-0.15, -0.1) is 0 Å². The van der Waals surface area contributed by atoms with Gasteiger partial charge >= 0.3 is 0 Å². The molecule has 0 aromatic rings. The molecule has 0 spiro atoms. The Hall–Kier alpha value is -0.120. The molecule has 2 N–H and O–H groups in total. The summed E-state index contributed by atoms with van der Waals surface area (Å²) < 4.78 is 5.21. The van der Waals surface area contributed by atoms with E-state index in [9.17, 15) is 0 Å². The highest BCUT2D eigenvalue weighted by Gasteiger charge is 2.22. The summed E-state index contributed by atoms with van der Waals surface area (Å²) in [6.07, 6.45) is 1.02. The zero-order valence-corrected chi connectivity index (χ0v) is 8.34. The molecule has 1 aliphatic rings. The highest BCUT2D eigenvalue weighted by atomic mass is 16.5. The minimum absolute atomic E-state index is 0.228. The summed E-state index contributed by atoms with van der Waals surface area (Å²) in [6, 6.07) is 0.443. The van der Waals surface area contributed by atoms with Crippen molar-refractivity contribution in [2.75, 3.05) is 26.9 Å².